The molecule has 0 aromatic carbocycles. The molecule has 0 bridgehead atoms. The van der Waals surface area contributed by atoms with Gasteiger partial charge >= 0.3 is 11.7 Å². The second kappa shape index (κ2) is 6.95. The predicted molar refractivity (Wildman–Crippen MR) is 90.7 cm³/mol. The van der Waals surface area contributed by atoms with Crippen LogP contribution in [0.1, 0.15) is 17.0 Å². The van der Waals surface area contributed by atoms with Crippen molar-refractivity contribution < 1.29 is 14.7 Å². The number of likely N-dealkylation sites (tertiary alicyclic amines) is 1. The highest BCUT2D eigenvalue weighted by molar-refractivity contribution is 5.79. The molecule has 9 heteroatoms. The normalized spacial score (nSPS) is 19.5. The number of aromatic nitrogens is 3. The van der Waals surface area contributed by atoms with E-state index >= 15 is 0 Å². The molecule has 1 fully saturated rings. The van der Waals surface area contributed by atoms with Gasteiger partial charge in [-0.25, -0.2) is 4.79 Å². The summed E-state index contributed by atoms with van der Waals surface area (Å²) in [6.07, 6.45) is 4.49. The van der Waals surface area contributed by atoms with E-state index in [2.05, 4.69) is 9.97 Å². The lowest BCUT2D eigenvalue weighted by Crippen LogP contribution is -2.38. The number of aryl methyl sites for hydroxylation is 1. The number of hydrogen-bond acceptors (Lipinski definition) is 5. The number of carboxylic acid groups (broad SMARTS) is 1. The molecule has 2 aromatic heterocycles. The quantitative estimate of drug-likeness (QED) is 0.764. The first kappa shape index (κ1) is 17.6. The second-order valence-electron chi connectivity index (χ2n) is 6.33. The van der Waals surface area contributed by atoms with Crippen LogP contribution in [0.3, 0.4) is 0 Å². The Morgan fingerprint density at radius 2 is 1.96 bits per heavy atom. The molecule has 0 spiro atoms. The fourth-order valence-electron chi connectivity index (χ4n) is 3.19. The maximum Gasteiger partial charge on any atom is 0.328 e. The van der Waals surface area contributed by atoms with Crippen molar-refractivity contribution in [2.75, 3.05) is 13.1 Å². The first-order chi connectivity index (χ1) is 12.4. The zero-order valence-corrected chi connectivity index (χ0v) is 14.1. The lowest BCUT2D eigenvalue weighted by atomic mass is 9.90. The molecular formula is C17H18N4O5. The lowest BCUT2D eigenvalue weighted by molar-refractivity contribution is -0.141. The Balaban J connectivity index is 1.81. The average Bonchev–Trinajstić information content (AvgIpc) is 3.06. The fraction of sp³-hybridized carbons (Fsp3) is 0.353. The summed E-state index contributed by atoms with van der Waals surface area (Å²) in [5.74, 6) is -2.41. The monoisotopic (exact) mass is 358 g/mol. The van der Waals surface area contributed by atoms with E-state index in [0.717, 1.165) is 10.1 Å². The third-order valence-electron chi connectivity index (χ3n) is 4.62. The van der Waals surface area contributed by atoms with Gasteiger partial charge in [0, 0.05) is 43.2 Å². The first-order valence-corrected chi connectivity index (χ1v) is 8.07. The molecule has 2 atom stereocenters. The molecule has 0 unspecified atom stereocenters. The molecule has 3 rings (SSSR count). The molecule has 136 valence electrons. The topological polar surface area (TPSA) is 125 Å². The molecule has 9 nitrogen and oxygen atoms in total. The number of nitrogens with one attached hydrogen (secondary N) is 1. The van der Waals surface area contributed by atoms with Crippen molar-refractivity contribution in [2.45, 2.75) is 19.4 Å². The Labute approximate surface area is 147 Å². The Morgan fingerprint density at radius 1 is 1.27 bits per heavy atom. The molecule has 0 aliphatic carbocycles. The number of pyridine rings is 1. The highest BCUT2D eigenvalue weighted by Gasteiger charge is 2.40. The van der Waals surface area contributed by atoms with Gasteiger partial charge in [-0.2, -0.15) is 0 Å². The Morgan fingerprint density at radius 3 is 2.62 bits per heavy atom. The summed E-state index contributed by atoms with van der Waals surface area (Å²) in [6, 6.07) is 3.48. The van der Waals surface area contributed by atoms with Gasteiger partial charge in [0.2, 0.25) is 5.91 Å². The third kappa shape index (κ3) is 3.41. The summed E-state index contributed by atoms with van der Waals surface area (Å²) in [4.78, 5) is 54.9. The molecular weight excluding hydrogens is 340 g/mol. The van der Waals surface area contributed by atoms with Crippen LogP contribution in [-0.4, -0.2) is 49.5 Å². The minimum atomic E-state index is -0.973. The highest BCUT2D eigenvalue weighted by atomic mass is 16.4. The number of H-pyrrole nitrogens is 1. The van der Waals surface area contributed by atoms with Gasteiger partial charge in [-0.1, -0.05) is 0 Å². The van der Waals surface area contributed by atoms with Gasteiger partial charge in [0.05, 0.1) is 5.92 Å². The molecule has 1 saturated heterocycles. The summed E-state index contributed by atoms with van der Waals surface area (Å²) < 4.78 is 1.12. The van der Waals surface area contributed by atoms with E-state index in [9.17, 15) is 24.3 Å². The van der Waals surface area contributed by atoms with E-state index < -0.39 is 23.1 Å². The zero-order valence-electron chi connectivity index (χ0n) is 14.1. The van der Waals surface area contributed by atoms with Gasteiger partial charge in [-0.05, 0) is 24.6 Å². The lowest BCUT2D eigenvalue weighted by Gasteiger charge is -2.17. The van der Waals surface area contributed by atoms with Crippen LogP contribution in [0.15, 0.2) is 40.3 Å². The molecule has 2 N–H and O–H groups in total. The summed E-state index contributed by atoms with van der Waals surface area (Å²) in [5.41, 5.74) is -0.0474. The molecule has 0 saturated carbocycles. The standard InChI is InChI=1S/C17H18N4O5/c1-10-6-21(17(26)19-15(10)23)9-14(22)20-7-12(13(8-20)16(24)25)11-2-4-18-5-3-11/h2-6,12-13H,7-9H2,1H3,(H,24,25)(H,19,23,26)/t12-,13+/m0/s1. The zero-order chi connectivity index (χ0) is 18.8. The van der Waals surface area contributed by atoms with Crippen molar-refractivity contribution in [3.63, 3.8) is 0 Å². The number of nitrogens with zero attached hydrogens (tertiary/aromatic N) is 3. The number of hydrogen-bond donors (Lipinski definition) is 2. The number of aromatic amines is 1. The van der Waals surface area contributed by atoms with E-state index in [-0.39, 0.29) is 31.5 Å². The van der Waals surface area contributed by atoms with Gasteiger partial charge in [-0.15, -0.1) is 0 Å². The number of carboxylic acids is 1. The van der Waals surface area contributed by atoms with Crippen LogP contribution >= 0.6 is 0 Å². The van der Waals surface area contributed by atoms with Crippen molar-refractivity contribution >= 4 is 11.9 Å². The number of carbonyl (C=O) groups excluding carboxylic acids is 1. The van der Waals surface area contributed by atoms with E-state index in [0.29, 0.717) is 5.56 Å². The van der Waals surface area contributed by atoms with E-state index in [1.807, 2.05) is 0 Å². The van der Waals surface area contributed by atoms with Crippen LogP contribution in [0.25, 0.3) is 0 Å². The minimum absolute atomic E-state index is 0.0677. The largest absolute Gasteiger partial charge is 0.481 e. The third-order valence-corrected chi connectivity index (χ3v) is 4.62. The average molecular weight is 358 g/mol. The summed E-state index contributed by atoms with van der Waals surface area (Å²) in [6.45, 7) is 1.59. The number of carbonyl (C=O) groups is 2. The maximum atomic E-state index is 12.6. The number of rotatable bonds is 4. The van der Waals surface area contributed by atoms with Crippen LogP contribution in [0, 0.1) is 12.8 Å². The maximum absolute atomic E-state index is 12.6. The summed E-state index contributed by atoms with van der Waals surface area (Å²) in [5, 5.41) is 9.50. The molecule has 0 radical (unpaired) electrons. The van der Waals surface area contributed by atoms with E-state index in [4.69, 9.17) is 0 Å². The fourth-order valence-corrected chi connectivity index (χ4v) is 3.19. The van der Waals surface area contributed by atoms with Crippen LogP contribution in [0.5, 0.6) is 0 Å². The van der Waals surface area contributed by atoms with Gasteiger partial charge in [0.25, 0.3) is 5.56 Å². The van der Waals surface area contributed by atoms with Crippen LogP contribution in [0.2, 0.25) is 0 Å². The summed E-state index contributed by atoms with van der Waals surface area (Å²) in [7, 11) is 0. The van der Waals surface area contributed by atoms with E-state index in [1.165, 1.54) is 18.0 Å². The molecule has 1 amide bonds. The Hall–Kier alpha value is -3.23. The second-order valence-corrected chi connectivity index (χ2v) is 6.33. The predicted octanol–water partition coefficient (Wildman–Crippen LogP) is -0.433. The van der Waals surface area contributed by atoms with Crippen molar-refractivity contribution in [1.29, 1.82) is 0 Å². The van der Waals surface area contributed by atoms with Crippen LogP contribution in [-0.2, 0) is 16.1 Å². The molecule has 26 heavy (non-hydrogen) atoms. The molecule has 1 aliphatic rings. The highest BCUT2D eigenvalue weighted by Crippen LogP contribution is 2.32. The van der Waals surface area contributed by atoms with Crippen molar-refractivity contribution in [2.24, 2.45) is 5.92 Å². The number of aliphatic carboxylic acids is 1. The van der Waals surface area contributed by atoms with Gasteiger partial charge in [-0.3, -0.25) is 28.9 Å². The van der Waals surface area contributed by atoms with Crippen LogP contribution in [0.4, 0.5) is 0 Å². The molecule has 1 aliphatic heterocycles. The Bertz CT molecular complexity index is 950. The first-order valence-electron chi connectivity index (χ1n) is 8.07. The van der Waals surface area contributed by atoms with Gasteiger partial charge in [0.1, 0.15) is 6.54 Å². The van der Waals surface area contributed by atoms with Gasteiger partial charge in [0.15, 0.2) is 0 Å². The van der Waals surface area contributed by atoms with Crippen molar-refractivity contribution in [3.8, 4) is 0 Å². The van der Waals surface area contributed by atoms with Gasteiger partial charge < -0.3 is 10.0 Å². The number of amides is 1. The van der Waals surface area contributed by atoms with E-state index in [1.54, 1.807) is 24.5 Å². The van der Waals surface area contributed by atoms with Crippen molar-refractivity contribution in [1.82, 2.24) is 19.4 Å². The Kier molecular flexibility index (Phi) is 4.70. The summed E-state index contributed by atoms with van der Waals surface area (Å²) >= 11 is 0. The van der Waals surface area contributed by atoms with Crippen LogP contribution < -0.4 is 11.2 Å². The SMILES string of the molecule is Cc1cn(CC(=O)N2C[C@@H](C(=O)O)[C@H](c3ccncc3)C2)c(=O)[nH]c1=O. The smallest absolute Gasteiger partial charge is 0.328 e. The van der Waals surface area contributed by atoms with Crippen molar-refractivity contribution in [3.05, 3.63) is 62.7 Å². The molecule has 2 aromatic rings. The minimum Gasteiger partial charge on any atom is -0.481 e. The molecule has 3 heterocycles.